The summed E-state index contributed by atoms with van der Waals surface area (Å²) in [7, 11) is 0. The van der Waals surface area contributed by atoms with E-state index in [9.17, 15) is 4.79 Å². The molecule has 0 amide bonds. The summed E-state index contributed by atoms with van der Waals surface area (Å²) in [4.78, 5) is 13.3. The molecule has 2 aromatic carbocycles. The lowest BCUT2D eigenvalue weighted by Crippen LogP contribution is -2.06. The molecule has 0 saturated carbocycles. The van der Waals surface area contributed by atoms with Gasteiger partial charge in [-0.15, -0.1) is 0 Å². The minimum atomic E-state index is 0.147. The van der Waals surface area contributed by atoms with Gasteiger partial charge in [0.2, 0.25) is 5.78 Å². The Labute approximate surface area is 214 Å². The first kappa shape index (κ1) is 22.1. The molecule has 2 N–H and O–H groups in total. The Kier molecular flexibility index (Phi) is 5.67. The number of hydrogen-bond acceptors (Lipinski definition) is 3. The monoisotopic (exact) mass is 502 g/mol. The fourth-order valence-electron chi connectivity index (χ4n) is 5.04. The molecule has 0 aliphatic carbocycles. The molecule has 2 aliphatic rings. The minimum Gasteiger partial charge on any atom is -0.379 e. The minimum absolute atomic E-state index is 0.147. The van der Waals surface area contributed by atoms with Crippen molar-refractivity contribution in [3.63, 3.8) is 0 Å². The Morgan fingerprint density at radius 3 is 1.80 bits per heavy atom. The van der Waals surface area contributed by atoms with Crippen LogP contribution in [0.2, 0.25) is 10.0 Å². The number of nitrogens with one attached hydrogen (secondary N) is 2. The quantitative estimate of drug-likeness (QED) is 0.282. The van der Waals surface area contributed by atoms with Crippen LogP contribution in [0, 0.1) is 0 Å². The maximum Gasteiger partial charge on any atom is 0.207 e. The van der Waals surface area contributed by atoms with E-state index in [0.717, 1.165) is 58.6 Å². The number of rotatable bonds is 6. The van der Waals surface area contributed by atoms with E-state index in [-0.39, 0.29) is 5.78 Å². The Morgan fingerprint density at radius 1 is 0.657 bits per heavy atom. The summed E-state index contributed by atoms with van der Waals surface area (Å²) in [6, 6.07) is 23.7. The molecule has 0 radical (unpaired) electrons. The van der Waals surface area contributed by atoms with Gasteiger partial charge in [-0.25, -0.2) is 0 Å². The van der Waals surface area contributed by atoms with Gasteiger partial charge < -0.3 is 19.8 Å². The standard InChI is InChI=1S/C28H24Cl2N4O/c29-18-1-5-20(6-2-18)31-15-22-9-11-26-24(13-14-33(22)26)25-17-34-23(10-12-27(34)28(25)35)16-32-21-7-3-19(30)4-8-21/h1-12,31-32H,13-17H2. The molecule has 35 heavy (non-hydrogen) atoms. The van der Waals surface area contributed by atoms with E-state index in [4.69, 9.17) is 23.2 Å². The maximum atomic E-state index is 13.3. The van der Waals surface area contributed by atoms with Gasteiger partial charge in [-0.2, -0.15) is 0 Å². The Balaban J connectivity index is 1.19. The zero-order chi connectivity index (χ0) is 23.9. The number of anilines is 2. The van der Waals surface area contributed by atoms with Crippen LogP contribution in [0.25, 0.3) is 5.57 Å². The molecule has 6 rings (SSSR count). The van der Waals surface area contributed by atoms with E-state index in [2.05, 4.69) is 31.9 Å². The van der Waals surface area contributed by atoms with E-state index < -0.39 is 0 Å². The zero-order valence-corrected chi connectivity index (χ0v) is 20.5. The van der Waals surface area contributed by atoms with Crippen LogP contribution in [0.15, 0.2) is 78.4 Å². The number of allylic oxidation sites excluding steroid dienone is 2. The third kappa shape index (κ3) is 4.15. The van der Waals surface area contributed by atoms with Crippen molar-refractivity contribution in [1.29, 1.82) is 0 Å². The highest BCUT2D eigenvalue weighted by atomic mass is 35.5. The van der Waals surface area contributed by atoms with Crippen molar-refractivity contribution in [1.82, 2.24) is 9.13 Å². The summed E-state index contributed by atoms with van der Waals surface area (Å²) in [6.45, 7) is 2.89. The topological polar surface area (TPSA) is 51.0 Å². The highest BCUT2D eigenvalue weighted by Crippen LogP contribution is 2.37. The number of ketones is 1. The first-order valence-corrected chi connectivity index (χ1v) is 12.5. The molecule has 0 bridgehead atoms. The van der Waals surface area contributed by atoms with Gasteiger partial charge in [-0.3, -0.25) is 4.79 Å². The molecule has 0 atom stereocenters. The molecular formula is C28H24Cl2N4O. The number of aromatic nitrogens is 2. The second kappa shape index (κ2) is 8.99. The highest BCUT2D eigenvalue weighted by Gasteiger charge is 2.32. The van der Waals surface area contributed by atoms with E-state index in [0.29, 0.717) is 18.1 Å². The fraction of sp³-hybridized carbons (Fsp3) is 0.179. The molecule has 5 nitrogen and oxygen atoms in total. The SMILES string of the molecule is O=C1C(=C2CCn3c(CNc4ccc(Cl)cc4)ccc32)Cn2c(CNc3ccc(Cl)cc3)ccc21. The Hall–Kier alpha value is -3.41. The number of Topliss-reactive ketones (excluding diaryl/α,β-unsaturated/α-hetero) is 1. The summed E-state index contributed by atoms with van der Waals surface area (Å²) >= 11 is 12.0. The number of carbonyl (C=O) groups is 1. The van der Waals surface area contributed by atoms with Gasteiger partial charge in [0.25, 0.3) is 0 Å². The molecule has 0 spiro atoms. The van der Waals surface area contributed by atoms with Gasteiger partial charge in [0, 0.05) is 50.6 Å². The third-order valence-corrected chi connectivity index (χ3v) is 7.36. The normalized spacial score (nSPS) is 16.5. The Morgan fingerprint density at radius 2 is 1.20 bits per heavy atom. The molecule has 2 aliphatic heterocycles. The van der Waals surface area contributed by atoms with Gasteiger partial charge in [0.05, 0.1) is 25.3 Å². The number of halogens is 2. The van der Waals surface area contributed by atoms with Crippen LogP contribution >= 0.6 is 23.2 Å². The molecule has 7 heteroatoms. The number of fused-ring (bicyclic) bond motifs is 2. The third-order valence-electron chi connectivity index (χ3n) is 6.86. The van der Waals surface area contributed by atoms with Crippen LogP contribution in [0.4, 0.5) is 11.4 Å². The van der Waals surface area contributed by atoms with Crippen LogP contribution in [-0.2, 0) is 26.2 Å². The first-order valence-electron chi connectivity index (χ1n) is 11.7. The van der Waals surface area contributed by atoms with Crippen molar-refractivity contribution < 1.29 is 4.79 Å². The smallest absolute Gasteiger partial charge is 0.207 e. The van der Waals surface area contributed by atoms with Crippen LogP contribution in [0.5, 0.6) is 0 Å². The maximum absolute atomic E-state index is 13.3. The van der Waals surface area contributed by atoms with Gasteiger partial charge >= 0.3 is 0 Å². The van der Waals surface area contributed by atoms with Crippen molar-refractivity contribution >= 4 is 45.9 Å². The van der Waals surface area contributed by atoms with E-state index >= 15 is 0 Å². The van der Waals surface area contributed by atoms with Crippen molar-refractivity contribution in [3.8, 4) is 0 Å². The molecule has 2 aromatic heterocycles. The van der Waals surface area contributed by atoms with E-state index in [1.807, 2.05) is 60.7 Å². The fourth-order valence-corrected chi connectivity index (χ4v) is 5.29. The predicted molar refractivity (Wildman–Crippen MR) is 142 cm³/mol. The van der Waals surface area contributed by atoms with E-state index in [1.54, 1.807) is 0 Å². The Bertz CT molecular complexity index is 1450. The van der Waals surface area contributed by atoms with E-state index in [1.165, 1.54) is 11.3 Å². The molecule has 0 fully saturated rings. The summed E-state index contributed by atoms with van der Waals surface area (Å²) in [5.41, 5.74) is 8.37. The average Bonchev–Trinajstić information content (AvgIpc) is 3.62. The van der Waals surface area contributed by atoms with Crippen molar-refractivity contribution in [2.75, 3.05) is 10.6 Å². The second-order valence-corrected chi connectivity index (χ2v) is 9.79. The summed E-state index contributed by atoms with van der Waals surface area (Å²) in [5.74, 6) is 0.147. The molecule has 0 saturated heterocycles. The zero-order valence-electron chi connectivity index (χ0n) is 19.0. The predicted octanol–water partition coefficient (Wildman–Crippen LogP) is 6.87. The molecular weight excluding hydrogens is 479 g/mol. The lowest BCUT2D eigenvalue weighted by molar-refractivity contribution is 0.103. The van der Waals surface area contributed by atoms with Crippen molar-refractivity contribution in [3.05, 3.63) is 111 Å². The highest BCUT2D eigenvalue weighted by molar-refractivity contribution is 6.30. The molecule has 4 heterocycles. The molecule has 0 unspecified atom stereocenters. The number of hydrogen-bond donors (Lipinski definition) is 2. The van der Waals surface area contributed by atoms with Crippen LogP contribution < -0.4 is 10.6 Å². The molecule has 176 valence electrons. The first-order chi connectivity index (χ1) is 17.1. The number of carbonyl (C=O) groups excluding carboxylic acids is 1. The summed E-state index contributed by atoms with van der Waals surface area (Å²) in [5, 5.41) is 8.33. The van der Waals surface area contributed by atoms with Gasteiger partial charge in [0.1, 0.15) is 0 Å². The number of benzene rings is 2. The van der Waals surface area contributed by atoms with Crippen molar-refractivity contribution in [2.45, 2.75) is 32.6 Å². The van der Waals surface area contributed by atoms with Crippen LogP contribution in [0.3, 0.4) is 0 Å². The van der Waals surface area contributed by atoms with Gasteiger partial charge in [-0.05, 0) is 84.8 Å². The number of nitrogens with zero attached hydrogens (tertiary/aromatic N) is 2. The van der Waals surface area contributed by atoms with Gasteiger partial charge in [0.15, 0.2) is 0 Å². The summed E-state index contributed by atoms with van der Waals surface area (Å²) in [6.07, 6.45) is 0.883. The van der Waals surface area contributed by atoms with Gasteiger partial charge in [-0.1, -0.05) is 23.2 Å². The lowest BCUT2D eigenvalue weighted by Gasteiger charge is -2.10. The van der Waals surface area contributed by atoms with Crippen molar-refractivity contribution in [2.24, 2.45) is 0 Å². The van der Waals surface area contributed by atoms with Crippen LogP contribution in [-0.4, -0.2) is 14.9 Å². The average molecular weight is 503 g/mol. The van der Waals surface area contributed by atoms with Crippen LogP contribution in [0.1, 0.15) is 34.0 Å². The molecule has 4 aromatic rings. The lowest BCUT2D eigenvalue weighted by atomic mass is 10.0. The second-order valence-electron chi connectivity index (χ2n) is 8.91. The summed E-state index contributed by atoms with van der Waals surface area (Å²) < 4.78 is 4.47. The largest absolute Gasteiger partial charge is 0.379 e.